The van der Waals surface area contributed by atoms with Gasteiger partial charge in [-0.3, -0.25) is 9.69 Å². The van der Waals surface area contributed by atoms with E-state index in [1.54, 1.807) is 17.0 Å². The zero-order valence-electron chi connectivity index (χ0n) is 14.4. The van der Waals surface area contributed by atoms with Crippen LogP contribution in [0.15, 0.2) is 24.3 Å². The van der Waals surface area contributed by atoms with Crippen molar-refractivity contribution in [3.05, 3.63) is 35.4 Å². The van der Waals surface area contributed by atoms with Crippen molar-refractivity contribution in [1.29, 1.82) is 0 Å². The van der Waals surface area contributed by atoms with Crippen molar-refractivity contribution in [2.75, 3.05) is 46.0 Å². The van der Waals surface area contributed by atoms with Gasteiger partial charge in [0.05, 0.1) is 25.4 Å². The Morgan fingerprint density at radius 1 is 1.16 bits per heavy atom. The van der Waals surface area contributed by atoms with Gasteiger partial charge in [-0.15, -0.1) is 0 Å². The van der Waals surface area contributed by atoms with Crippen LogP contribution in [0.2, 0.25) is 0 Å². The maximum atomic E-state index is 12.9. The molecule has 0 unspecified atom stereocenters. The van der Waals surface area contributed by atoms with Crippen molar-refractivity contribution in [2.24, 2.45) is 0 Å². The van der Waals surface area contributed by atoms with E-state index in [1.807, 2.05) is 19.1 Å². The molecule has 3 rings (SSSR count). The monoisotopic (exact) mass is 348 g/mol. The lowest BCUT2D eigenvalue weighted by Crippen LogP contribution is -2.60. The number of hydrogen-bond donors (Lipinski definition) is 1. The van der Waals surface area contributed by atoms with Crippen LogP contribution in [0.25, 0.3) is 0 Å². The van der Waals surface area contributed by atoms with Gasteiger partial charge in [-0.25, -0.2) is 4.79 Å². The molecule has 1 aromatic rings. The van der Waals surface area contributed by atoms with E-state index in [2.05, 4.69) is 4.90 Å². The summed E-state index contributed by atoms with van der Waals surface area (Å²) in [7, 11) is 0. The molecule has 136 valence electrons. The van der Waals surface area contributed by atoms with Gasteiger partial charge in [-0.2, -0.15) is 0 Å². The van der Waals surface area contributed by atoms with Crippen molar-refractivity contribution in [1.82, 2.24) is 9.80 Å². The number of morpholine rings is 2. The normalized spacial score (nSPS) is 24.9. The highest BCUT2D eigenvalue weighted by Crippen LogP contribution is 2.23. The van der Waals surface area contributed by atoms with E-state index in [1.165, 1.54) is 0 Å². The summed E-state index contributed by atoms with van der Waals surface area (Å²) in [5.41, 5.74) is 0.140. The van der Waals surface area contributed by atoms with Crippen molar-refractivity contribution >= 4 is 11.9 Å². The molecule has 1 amide bonds. The molecule has 0 spiro atoms. The quantitative estimate of drug-likeness (QED) is 0.868. The molecule has 2 heterocycles. The van der Waals surface area contributed by atoms with E-state index >= 15 is 0 Å². The average Bonchev–Trinajstić information content (AvgIpc) is 2.62. The molecular weight excluding hydrogens is 324 g/mol. The van der Waals surface area contributed by atoms with Gasteiger partial charge >= 0.3 is 5.97 Å². The lowest BCUT2D eigenvalue weighted by molar-refractivity contribution is -0.171. The number of hydrogen-bond acceptors (Lipinski definition) is 5. The van der Waals surface area contributed by atoms with Gasteiger partial charge in [0.15, 0.2) is 5.60 Å². The third kappa shape index (κ3) is 4.00. The van der Waals surface area contributed by atoms with E-state index in [4.69, 9.17) is 9.47 Å². The van der Waals surface area contributed by atoms with Crippen molar-refractivity contribution in [3.8, 4) is 0 Å². The fourth-order valence-electron chi connectivity index (χ4n) is 3.42. The molecule has 1 atom stereocenters. The molecule has 7 heteroatoms. The van der Waals surface area contributed by atoms with E-state index < -0.39 is 11.6 Å². The van der Waals surface area contributed by atoms with Gasteiger partial charge in [0, 0.05) is 32.7 Å². The lowest BCUT2D eigenvalue weighted by Gasteiger charge is -2.42. The largest absolute Gasteiger partial charge is 0.478 e. The third-order valence-electron chi connectivity index (χ3n) is 4.75. The number of aromatic carboxylic acids is 1. The topological polar surface area (TPSA) is 79.3 Å². The van der Waals surface area contributed by atoms with Crippen LogP contribution in [0.5, 0.6) is 0 Å². The molecule has 2 aliphatic heterocycles. The maximum absolute atomic E-state index is 12.9. The van der Waals surface area contributed by atoms with Crippen LogP contribution in [0.3, 0.4) is 0 Å². The minimum atomic E-state index is -0.934. The Morgan fingerprint density at radius 3 is 2.60 bits per heavy atom. The van der Waals surface area contributed by atoms with E-state index in [9.17, 15) is 14.7 Å². The third-order valence-corrected chi connectivity index (χ3v) is 4.75. The Labute approximate surface area is 147 Å². The Balaban J connectivity index is 1.70. The summed E-state index contributed by atoms with van der Waals surface area (Å²) in [6.45, 7) is 6.13. The molecule has 1 N–H and O–H groups in total. The van der Waals surface area contributed by atoms with E-state index in [0.717, 1.165) is 5.56 Å². The van der Waals surface area contributed by atoms with Gasteiger partial charge in [0.1, 0.15) is 0 Å². The standard InChI is InChI=1S/C18H24N2O5/c1-18(17(23)20-7-9-24-10-8-20)13-19(6-11-25-18)12-14-4-2-3-5-15(14)16(21)22/h2-5H,6-13H2,1H3,(H,21,22)/t18-/m1/s1. The summed E-state index contributed by atoms with van der Waals surface area (Å²) < 4.78 is 11.1. The molecule has 2 saturated heterocycles. The fraction of sp³-hybridized carbons (Fsp3) is 0.556. The van der Waals surface area contributed by atoms with Crippen LogP contribution in [0.4, 0.5) is 0 Å². The first-order valence-corrected chi connectivity index (χ1v) is 8.54. The number of carboxylic acid groups (broad SMARTS) is 1. The minimum absolute atomic E-state index is 0.0213. The number of nitrogens with zero attached hydrogens (tertiary/aromatic N) is 2. The van der Waals surface area contributed by atoms with Crippen LogP contribution in [-0.4, -0.2) is 78.4 Å². The fourth-order valence-corrected chi connectivity index (χ4v) is 3.42. The van der Waals surface area contributed by atoms with Gasteiger partial charge in [-0.05, 0) is 18.6 Å². The summed E-state index contributed by atoms with van der Waals surface area (Å²) >= 11 is 0. The molecule has 0 saturated carbocycles. The Hall–Kier alpha value is -1.96. The zero-order valence-corrected chi connectivity index (χ0v) is 14.4. The zero-order chi connectivity index (χ0) is 17.9. The number of carboxylic acids is 1. The summed E-state index contributed by atoms with van der Waals surface area (Å²) in [4.78, 5) is 28.1. The second-order valence-corrected chi connectivity index (χ2v) is 6.66. The smallest absolute Gasteiger partial charge is 0.336 e. The van der Waals surface area contributed by atoms with Crippen LogP contribution in [0, 0.1) is 0 Å². The average molecular weight is 348 g/mol. The number of carbonyl (C=O) groups excluding carboxylic acids is 1. The lowest BCUT2D eigenvalue weighted by atomic mass is 10.00. The molecule has 0 aliphatic carbocycles. The minimum Gasteiger partial charge on any atom is -0.478 e. The number of benzene rings is 1. The van der Waals surface area contributed by atoms with E-state index in [-0.39, 0.29) is 5.91 Å². The van der Waals surface area contributed by atoms with Crippen LogP contribution < -0.4 is 0 Å². The number of ether oxygens (including phenoxy) is 2. The Kier molecular flexibility index (Phi) is 5.36. The molecule has 0 aromatic heterocycles. The molecule has 0 radical (unpaired) electrons. The molecular formula is C18H24N2O5. The van der Waals surface area contributed by atoms with Crippen molar-refractivity contribution in [3.63, 3.8) is 0 Å². The Morgan fingerprint density at radius 2 is 1.88 bits per heavy atom. The first-order chi connectivity index (χ1) is 12.0. The molecule has 1 aromatic carbocycles. The maximum Gasteiger partial charge on any atom is 0.336 e. The second kappa shape index (κ2) is 7.51. The van der Waals surface area contributed by atoms with Gasteiger partial charge < -0.3 is 19.5 Å². The highest BCUT2D eigenvalue weighted by molar-refractivity contribution is 5.89. The van der Waals surface area contributed by atoms with Crippen LogP contribution >= 0.6 is 0 Å². The highest BCUT2D eigenvalue weighted by atomic mass is 16.5. The second-order valence-electron chi connectivity index (χ2n) is 6.66. The summed E-state index contributed by atoms with van der Waals surface area (Å²) in [6, 6.07) is 6.98. The highest BCUT2D eigenvalue weighted by Gasteiger charge is 2.42. The van der Waals surface area contributed by atoms with Crippen LogP contribution in [0.1, 0.15) is 22.8 Å². The molecule has 0 bridgehead atoms. The van der Waals surface area contributed by atoms with Crippen LogP contribution in [-0.2, 0) is 20.8 Å². The summed E-state index contributed by atoms with van der Waals surface area (Å²) in [5, 5.41) is 9.34. The Bertz CT molecular complexity index is 644. The summed E-state index contributed by atoms with van der Waals surface area (Å²) in [5.74, 6) is -0.956. The number of rotatable bonds is 4. The van der Waals surface area contributed by atoms with Crippen molar-refractivity contribution in [2.45, 2.75) is 19.1 Å². The number of amides is 1. The van der Waals surface area contributed by atoms with Gasteiger partial charge in [0.2, 0.25) is 0 Å². The van der Waals surface area contributed by atoms with Gasteiger partial charge in [-0.1, -0.05) is 18.2 Å². The first-order valence-electron chi connectivity index (χ1n) is 8.54. The molecule has 2 aliphatic rings. The predicted octanol–water partition coefficient (Wildman–Crippen LogP) is 0.835. The number of carbonyl (C=O) groups is 2. The first kappa shape index (κ1) is 17.8. The summed E-state index contributed by atoms with van der Waals surface area (Å²) in [6.07, 6.45) is 0. The molecule has 7 nitrogen and oxygen atoms in total. The van der Waals surface area contributed by atoms with E-state index in [0.29, 0.717) is 58.1 Å². The van der Waals surface area contributed by atoms with Crippen molar-refractivity contribution < 1.29 is 24.2 Å². The van der Waals surface area contributed by atoms with Gasteiger partial charge in [0.25, 0.3) is 5.91 Å². The predicted molar refractivity (Wildman–Crippen MR) is 90.4 cm³/mol. The molecule has 25 heavy (non-hydrogen) atoms. The SMILES string of the molecule is C[C@]1(C(=O)N2CCOCC2)CN(Cc2ccccc2C(=O)O)CCO1. The molecule has 2 fully saturated rings.